The number of nitrogens with zero attached hydrogens (tertiary/aromatic N) is 1. The van der Waals surface area contributed by atoms with Gasteiger partial charge in [-0.2, -0.15) is 0 Å². The summed E-state index contributed by atoms with van der Waals surface area (Å²) in [6.07, 6.45) is 32.7. The highest BCUT2D eigenvalue weighted by atomic mass is 16.7. The molecule has 3 unspecified atom stereocenters. The van der Waals surface area contributed by atoms with Crippen LogP contribution in [-0.4, -0.2) is 94.7 Å². The second kappa shape index (κ2) is 48.1. The third-order valence-corrected chi connectivity index (χ3v) is 12.5. The molecule has 0 aromatic rings. The van der Waals surface area contributed by atoms with Gasteiger partial charge in [-0.25, -0.2) is 9.59 Å². The Hall–Kier alpha value is -2.89. The fraction of sp³-hybridized carbons (Fsp3) is 0.909. The number of unbranched alkanes of at least 4 members (excludes halogenated alkanes) is 24. The van der Waals surface area contributed by atoms with E-state index in [0.717, 1.165) is 103 Å². The molecule has 0 amide bonds. The van der Waals surface area contributed by atoms with E-state index in [1.165, 1.54) is 103 Å². The first-order valence-electron chi connectivity index (χ1n) is 27.7. The predicted molar refractivity (Wildman–Crippen MR) is 270 cm³/mol. The molecule has 0 aliphatic rings. The van der Waals surface area contributed by atoms with Gasteiger partial charge in [0.15, 0.2) is 0 Å². The summed E-state index contributed by atoms with van der Waals surface area (Å²) < 4.78 is 32.6. The molecule has 0 aliphatic carbocycles. The average molecular weight is 954 g/mol. The molecule has 3 atom stereocenters. The lowest BCUT2D eigenvalue weighted by molar-refractivity contribution is -0.161. The zero-order chi connectivity index (χ0) is 49.4. The molecule has 0 fully saturated rings. The minimum Gasteiger partial charge on any atom is -0.466 e. The third kappa shape index (κ3) is 41.8. The normalized spacial score (nSPS) is 12.6. The van der Waals surface area contributed by atoms with Crippen LogP contribution in [0.3, 0.4) is 0 Å². The van der Waals surface area contributed by atoms with Gasteiger partial charge in [-0.05, 0) is 65.5 Å². The lowest BCUT2D eigenvalue weighted by Crippen LogP contribution is -2.33. The quantitative estimate of drug-likeness (QED) is 0.0325. The van der Waals surface area contributed by atoms with Crippen molar-refractivity contribution in [2.24, 2.45) is 11.8 Å². The first kappa shape index (κ1) is 64.1. The van der Waals surface area contributed by atoms with Gasteiger partial charge >= 0.3 is 30.0 Å². The van der Waals surface area contributed by atoms with Gasteiger partial charge in [-0.15, -0.1) is 0 Å². The Balaban J connectivity index is 4.60. The van der Waals surface area contributed by atoms with Crippen LogP contribution in [-0.2, 0) is 47.6 Å². The van der Waals surface area contributed by atoms with Crippen LogP contribution >= 0.6 is 0 Å². The lowest BCUT2D eigenvalue weighted by Gasteiger charge is -2.17. The van der Waals surface area contributed by atoms with Crippen LogP contribution in [0, 0.1) is 11.8 Å². The van der Waals surface area contributed by atoms with E-state index < -0.39 is 30.6 Å². The van der Waals surface area contributed by atoms with Crippen molar-refractivity contribution in [2.75, 3.05) is 53.7 Å². The van der Waals surface area contributed by atoms with Crippen molar-refractivity contribution in [1.82, 2.24) is 4.90 Å². The standard InChI is InChI=1S/C55H103NO11/c1-7-11-15-19-23-31-39-48(37-29-17-13-9-3)52(58)63-43-34-26-21-25-33-42-62-51(57)47-50(67-55(61)66-46-41-56(5)6)54(60)65-45-36-28-22-27-35-44-64-53(59)49(38-30-18-14-10-4)40-32-24-20-16-12-8-2/h48-50H,7-47H2,1-6H3. The van der Waals surface area contributed by atoms with Crippen molar-refractivity contribution in [1.29, 1.82) is 0 Å². The van der Waals surface area contributed by atoms with E-state index >= 15 is 0 Å². The summed E-state index contributed by atoms with van der Waals surface area (Å²) in [5, 5.41) is 0. The lowest BCUT2D eigenvalue weighted by atomic mass is 9.94. The van der Waals surface area contributed by atoms with E-state index in [1.54, 1.807) is 0 Å². The van der Waals surface area contributed by atoms with Gasteiger partial charge in [0, 0.05) is 6.54 Å². The summed E-state index contributed by atoms with van der Waals surface area (Å²) in [4.78, 5) is 65.9. The molecule has 67 heavy (non-hydrogen) atoms. The fourth-order valence-corrected chi connectivity index (χ4v) is 8.08. The molecule has 0 aliphatic heterocycles. The van der Waals surface area contributed by atoms with Crippen LogP contribution in [0.2, 0.25) is 0 Å². The molecule has 0 saturated heterocycles. The number of carbonyl (C=O) groups is 5. The van der Waals surface area contributed by atoms with Crippen molar-refractivity contribution < 1.29 is 52.4 Å². The van der Waals surface area contributed by atoms with Crippen LogP contribution in [0.1, 0.15) is 252 Å². The minimum atomic E-state index is -1.48. The average Bonchev–Trinajstić information content (AvgIpc) is 3.30. The topological polar surface area (TPSA) is 144 Å². The van der Waals surface area contributed by atoms with Gasteiger partial charge in [0.1, 0.15) is 6.61 Å². The second-order valence-electron chi connectivity index (χ2n) is 19.2. The van der Waals surface area contributed by atoms with Crippen molar-refractivity contribution in [3.05, 3.63) is 0 Å². The molecule has 0 heterocycles. The molecule has 0 N–H and O–H groups in total. The summed E-state index contributed by atoms with van der Waals surface area (Å²) in [6, 6.07) is 0. The van der Waals surface area contributed by atoms with Gasteiger partial charge in [-0.1, -0.05) is 195 Å². The fourth-order valence-electron chi connectivity index (χ4n) is 8.08. The molecule has 12 nitrogen and oxygen atoms in total. The maximum absolute atomic E-state index is 13.0. The molecule has 0 aromatic carbocycles. The van der Waals surface area contributed by atoms with Crippen LogP contribution < -0.4 is 0 Å². The van der Waals surface area contributed by atoms with Crippen LogP contribution in [0.4, 0.5) is 4.79 Å². The Morgan fingerprint density at radius 3 is 1.04 bits per heavy atom. The number of hydrogen-bond acceptors (Lipinski definition) is 12. The number of rotatable bonds is 49. The predicted octanol–water partition coefficient (Wildman–Crippen LogP) is 14.2. The zero-order valence-electron chi connectivity index (χ0n) is 44.2. The summed E-state index contributed by atoms with van der Waals surface area (Å²) >= 11 is 0. The molecule has 12 heteroatoms. The molecule has 0 saturated carbocycles. The molecule has 0 bridgehead atoms. The summed E-state index contributed by atoms with van der Waals surface area (Å²) in [5.74, 6) is -1.55. The Morgan fingerprint density at radius 1 is 0.358 bits per heavy atom. The van der Waals surface area contributed by atoms with E-state index in [-0.39, 0.29) is 43.6 Å². The second-order valence-corrected chi connectivity index (χ2v) is 19.2. The third-order valence-electron chi connectivity index (χ3n) is 12.5. The number of likely N-dealkylation sites (N-methyl/N-ethyl adjacent to an activating group) is 1. The molecule has 0 rings (SSSR count). The molecule has 394 valence electrons. The highest BCUT2D eigenvalue weighted by Gasteiger charge is 2.29. The molecule has 0 radical (unpaired) electrons. The van der Waals surface area contributed by atoms with Gasteiger partial charge in [0.2, 0.25) is 6.10 Å². The van der Waals surface area contributed by atoms with E-state index in [2.05, 4.69) is 27.7 Å². The van der Waals surface area contributed by atoms with Gasteiger partial charge in [-0.3, -0.25) is 14.4 Å². The Labute approximate surface area is 410 Å². The summed E-state index contributed by atoms with van der Waals surface area (Å²) in [6.45, 7) is 10.5. The SMILES string of the molecule is CCCCCCCCC(CCCCCC)C(=O)OCCCCCCCOC(=O)CC(OC(=O)OCCN(C)C)C(=O)OCCCCCCCOC(=O)C(CCCCCC)CCCCCCCC. The van der Waals surface area contributed by atoms with E-state index in [1.807, 2.05) is 19.0 Å². The van der Waals surface area contributed by atoms with Gasteiger partial charge in [0.05, 0.1) is 44.7 Å². The van der Waals surface area contributed by atoms with Crippen molar-refractivity contribution in [2.45, 2.75) is 259 Å². The van der Waals surface area contributed by atoms with Crippen LogP contribution in [0.25, 0.3) is 0 Å². The van der Waals surface area contributed by atoms with Crippen molar-refractivity contribution in [3.63, 3.8) is 0 Å². The number of esters is 4. The zero-order valence-corrected chi connectivity index (χ0v) is 44.2. The summed E-state index contributed by atoms with van der Waals surface area (Å²) in [5.41, 5.74) is 0. The Morgan fingerprint density at radius 2 is 0.672 bits per heavy atom. The van der Waals surface area contributed by atoms with E-state index in [4.69, 9.17) is 28.4 Å². The van der Waals surface area contributed by atoms with Gasteiger partial charge in [0.25, 0.3) is 0 Å². The first-order valence-corrected chi connectivity index (χ1v) is 27.7. The minimum absolute atomic E-state index is 0.00124. The number of carbonyl (C=O) groups excluding carboxylic acids is 5. The number of hydrogen-bond donors (Lipinski definition) is 0. The molecular formula is C55H103NO11. The van der Waals surface area contributed by atoms with Crippen LogP contribution in [0.15, 0.2) is 0 Å². The van der Waals surface area contributed by atoms with E-state index in [0.29, 0.717) is 32.6 Å². The Kier molecular flexibility index (Phi) is 46.1. The smallest absolute Gasteiger partial charge is 0.466 e. The highest BCUT2D eigenvalue weighted by Crippen LogP contribution is 2.22. The molecular weight excluding hydrogens is 851 g/mol. The monoisotopic (exact) mass is 954 g/mol. The van der Waals surface area contributed by atoms with Crippen molar-refractivity contribution in [3.8, 4) is 0 Å². The maximum atomic E-state index is 13.0. The largest absolute Gasteiger partial charge is 0.509 e. The highest BCUT2D eigenvalue weighted by molar-refractivity contribution is 5.83. The molecule has 0 aromatic heterocycles. The van der Waals surface area contributed by atoms with Gasteiger partial charge < -0.3 is 33.3 Å². The number of ether oxygens (including phenoxy) is 6. The van der Waals surface area contributed by atoms with E-state index in [9.17, 15) is 24.0 Å². The Bertz CT molecular complexity index is 1180. The maximum Gasteiger partial charge on any atom is 0.509 e. The van der Waals surface area contributed by atoms with Crippen molar-refractivity contribution >= 4 is 30.0 Å². The first-order chi connectivity index (χ1) is 32.6. The summed E-state index contributed by atoms with van der Waals surface area (Å²) in [7, 11) is 3.68. The van der Waals surface area contributed by atoms with Crippen LogP contribution in [0.5, 0.6) is 0 Å². The molecule has 0 spiro atoms.